The van der Waals surface area contributed by atoms with Crippen LogP contribution in [-0.2, 0) is 6.54 Å². The van der Waals surface area contributed by atoms with Gasteiger partial charge in [-0.05, 0) is 48.6 Å². The van der Waals surface area contributed by atoms with Crippen molar-refractivity contribution in [2.75, 3.05) is 23.4 Å². The Balaban J connectivity index is 1.57. The van der Waals surface area contributed by atoms with Gasteiger partial charge >= 0.3 is 0 Å². The maximum Gasteiger partial charge on any atom is 0.165 e. The van der Waals surface area contributed by atoms with E-state index in [-0.39, 0.29) is 5.92 Å². The Hall–Kier alpha value is -3.10. The number of anilines is 3. The molecular formula is C24H34N8. The fourth-order valence-electron chi connectivity index (χ4n) is 4.65. The van der Waals surface area contributed by atoms with Gasteiger partial charge in [0, 0.05) is 18.2 Å². The first kappa shape index (κ1) is 22.1. The van der Waals surface area contributed by atoms with Crippen LogP contribution in [0.4, 0.5) is 17.3 Å². The molecule has 0 aliphatic heterocycles. The van der Waals surface area contributed by atoms with Crippen LogP contribution in [0, 0.1) is 0 Å². The molecular weight excluding hydrogens is 400 g/mol. The van der Waals surface area contributed by atoms with Gasteiger partial charge in [-0.3, -0.25) is 4.68 Å². The van der Waals surface area contributed by atoms with Crippen LogP contribution in [0.25, 0.3) is 0 Å². The van der Waals surface area contributed by atoms with Crippen molar-refractivity contribution >= 4 is 17.3 Å². The van der Waals surface area contributed by atoms with Crippen molar-refractivity contribution in [1.82, 2.24) is 20.1 Å². The number of pyridine rings is 1. The number of benzene rings is 1. The molecule has 32 heavy (non-hydrogen) atoms. The standard InChI is InChI=1S/C24H34N8/c25-22-13-21(23(26)24(30-22)31-27)20(11-12-28-19-9-5-2-6-10-19)18-14-29-32(16-18)15-17-7-3-1-4-8-17/h1,3-4,7-8,13-14,16,19-20,28H,2,5-6,9-12,15,26-27H2,(H3,25,30,31). The number of nitrogens with two attached hydrogens (primary N) is 3. The fourth-order valence-corrected chi connectivity index (χ4v) is 4.65. The number of nitrogens with zero attached hydrogens (tertiary/aromatic N) is 3. The van der Waals surface area contributed by atoms with Gasteiger partial charge in [0.25, 0.3) is 0 Å². The molecule has 170 valence electrons. The number of hydrogen-bond donors (Lipinski definition) is 5. The normalized spacial score (nSPS) is 15.5. The SMILES string of the molecule is NNc1nc(N)cc(C(CCNC2CCCCC2)c2cnn(Cc3ccccc3)c2)c1N. The zero-order valence-electron chi connectivity index (χ0n) is 18.5. The topological polar surface area (TPSA) is 133 Å². The fraction of sp³-hybridized carbons (Fsp3) is 0.417. The average molecular weight is 435 g/mol. The van der Waals surface area contributed by atoms with Crippen LogP contribution >= 0.6 is 0 Å². The smallest absolute Gasteiger partial charge is 0.165 e. The second-order valence-electron chi connectivity index (χ2n) is 8.63. The number of hydrazine groups is 1. The van der Waals surface area contributed by atoms with Crippen molar-refractivity contribution in [3.63, 3.8) is 0 Å². The van der Waals surface area contributed by atoms with Crippen LogP contribution in [0.2, 0.25) is 0 Å². The van der Waals surface area contributed by atoms with Gasteiger partial charge in [-0.15, -0.1) is 0 Å². The van der Waals surface area contributed by atoms with Crippen LogP contribution in [-0.4, -0.2) is 27.4 Å². The predicted octanol–water partition coefficient (Wildman–Crippen LogP) is 3.22. The molecule has 0 radical (unpaired) electrons. The van der Waals surface area contributed by atoms with Crippen molar-refractivity contribution in [3.05, 3.63) is 65.5 Å². The molecule has 8 nitrogen and oxygen atoms in total. The predicted molar refractivity (Wildman–Crippen MR) is 130 cm³/mol. The second kappa shape index (κ2) is 10.5. The summed E-state index contributed by atoms with van der Waals surface area (Å²) in [5, 5.41) is 8.36. The zero-order valence-corrected chi connectivity index (χ0v) is 18.5. The van der Waals surface area contributed by atoms with Crippen LogP contribution in [0.15, 0.2) is 48.8 Å². The second-order valence-corrected chi connectivity index (χ2v) is 8.63. The third-order valence-corrected chi connectivity index (χ3v) is 6.34. The first-order valence-corrected chi connectivity index (χ1v) is 11.5. The van der Waals surface area contributed by atoms with E-state index in [0.717, 1.165) is 30.6 Å². The molecule has 3 aromatic rings. The molecule has 2 aromatic heterocycles. The Bertz CT molecular complexity index is 994. The van der Waals surface area contributed by atoms with Gasteiger partial charge in [-0.25, -0.2) is 10.8 Å². The van der Waals surface area contributed by atoms with Gasteiger partial charge in [0.05, 0.1) is 18.4 Å². The van der Waals surface area contributed by atoms with E-state index in [0.29, 0.717) is 23.4 Å². The van der Waals surface area contributed by atoms with Crippen molar-refractivity contribution in [2.45, 2.75) is 57.0 Å². The third-order valence-electron chi connectivity index (χ3n) is 6.34. The molecule has 0 bridgehead atoms. The van der Waals surface area contributed by atoms with Crippen molar-refractivity contribution in [1.29, 1.82) is 0 Å². The van der Waals surface area contributed by atoms with E-state index < -0.39 is 0 Å². The van der Waals surface area contributed by atoms with Crippen LogP contribution in [0.5, 0.6) is 0 Å². The Kier molecular flexibility index (Phi) is 7.24. The highest BCUT2D eigenvalue weighted by Gasteiger charge is 2.22. The maximum atomic E-state index is 6.44. The Labute approximate surface area is 189 Å². The molecule has 1 aliphatic rings. The zero-order chi connectivity index (χ0) is 22.3. The molecule has 4 rings (SSSR count). The molecule has 8 N–H and O–H groups in total. The minimum absolute atomic E-state index is 0.0352. The number of nitrogens with one attached hydrogen (secondary N) is 2. The Morgan fingerprint density at radius 1 is 1.09 bits per heavy atom. The number of hydrogen-bond acceptors (Lipinski definition) is 7. The summed E-state index contributed by atoms with van der Waals surface area (Å²) in [5.74, 6) is 6.47. The van der Waals surface area contributed by atoms with Crippen molar-refractivity contribution in [2.24, 2.45) is 5.84 Å². The van der Waals surface area contributed by atoms with Crippen LogP contribution in [0.1, 0.15) is 61.1 Å². The average Bonchev–Trinajstić information content (AvgIpc) is 3.27. The first-order chi connectivity index (χ1) is 15.6. The maximum absolute atomic E-state index is 6.44. The highest BCUT2D eigenvalue weighted by Crippen LogP contribution is 2.35. The Morgan fingerprint density at radius 2 is 1.88 bits per heavy atom. The van der Waals surface area contributed by atoms with Gasteiger partial charge in [-0.2, -0.15) is 5.10 Å². The summed E-state index contributed by atoms with van der Waals surface area (Å²) in [4.78, 5) is 4.22. The summed E-state index contributed by atoms with van der Waals surface area (Å²) in [6, 6.07) is 12.8. The van der Waals surface area contributed by atoms with E-state index in [2.05, 4.69) is 39.2 Å². The lowest BCUT2D eigenvalue weighted by atomic mass is 9.89. The molecule has 8 heteroatoms. The third kappa shape index (κ3) is 5.38. The number of aromatic nitrogens is 3. The lowest BCUT2D eigenvalue weighted by Gasteiger charge is -2.25. The van der Waals surface area contributed by atoms with Gasteiger partial charge in [0.1, 0.15) is 5.82 Å². The van der Waals surface area contributed by atoms with E-state index in [9.17, 15) is 0 Å². The summed E-state index contributed by atoms with van der Waals surface area (Å²) >= 11 is 0. The molecule has 2 heterocycles. The number of rotatable bonds is 9. The summed E-state index contributed by atoms with van der Waals surface area (Å²) in [5.41, 5.74) is 18.9. The monoisotopic (exact) mass is 434 g/mol. The van der Waals surface area contributed by atoms with E-state index in [1.54, 1.807) is 0 Å². The quantitative estimate of drug-likeness (QED) is 0.258. The molecule has 0 spiro atoms. The molecule has 1 saturated carbocycles. The van der Waals surface area contributed by atoms with Crippen LogP contribution < -0.4 is 28.1 Å². The molecule has 1 aromatic carbocycles. The minimum Gasteiger partial charge on any atom is -0.395 e. The highest BCUT2D eigenvalue weighted by molar-refractivity contribution is 5.70. The molecule has 1 unspecified atom stereocenters. The van der Waals surface area contributed by atoms with Crippen molar-refractivity contribution in [3.8, 4) is 0 Å². The van der Waals surface area contributed by atoms with Gasteiger partial charge < -0.3 is 22.2 Å². The summed E-state index contributed by atoms with van der Waals surface area (Å²) in [6.45, 7) is 1.61. The first-order valence-electron chi connectivity index (χ1n) is 11.5. The lowest BCUT2D eigenvalue weighted by Crippen LogP contribution is -2.32. The molecule has 0 saturated heterocycles. The summed E-state index contributed by atoms with van der Waals surface area (Å²) < 4.78 is 1.97. The lowest BCUT2D eigenvalue weighted by molar-refractivity contribution is 0.370. The van der Waals surface area contributed by atoms with Crippen molar-refractivity contribution < 1.29 is 0 Å². The minimum atomic E-state index is 0.0352. The molecule has 1 atom stereocenters. The highest BCUT2D eigenvalue weighted by atomic mass is 15.3. The van der Waals surface area contributed by atoms with E-state index in [4.69, 9.17) is 17.3 Å². The molecule has 0 amide bonds. The van der Waals surface area contributed by atoms with Gasteiger partial charge in [-0.1, -0.05) is 49.6 Å². The van der Waals surface area contributed by atoms with E-state index >= 15 is 0 Å². The summed E-state index contributed by atoms with van der Waals surface area (Å²) in [6.07, 6.45) is 11.4. The van der Waals surface area contributed by atoms with Gasteiger partial charge in [0.2, 0.25) is 0 Å². The largest absolute Gasteiger partial charge is 0.395 e. The van der Waals surface area contributed by atoms with E-state index in [1.165, 1.54) is 37.7 Å². The Morgan fingerprint density at radius 3 is 2.62 bits per heavy atom. The summed E-state index contributed by atoms with van der Waals surface area (Å²) in [7, 11) is 0. The van der Waals surface area contributed by atoms with Gasteiger partial charge in [0.15, 0.2) is 5.82 Å². The molecule has 1 aliphatic carbocycles. The van der Waals surface area contributed by atoms with Crippen LogP contribution in [0.3, 0.4) is 0 Å². The number of nitrogen functional groups attached to an aromatic ring is 3. The molecule has 1 fully saturated rings. The van der Waals surface area contributed by atoms with E-state index in [1.807, 2.05) is 35.1 Å².